The van der Waals surface area contributed by atoms with Crippen LogP contribution >= 0.6 is 8.69 Å². The second-order valence-electron chi connectivity index (χ2n) is 23.5. The van der Waals surface area contributed by atoms with Crippen molar-refractivity contribution in [2.75, 3.05) is 0 Å². The van der Waals surface area contributed by atoms with E-state index in [2.05, 4.69) is 170 Å². The number of benzene rings is 2. The average Bonchev–Trinajstić information content (AvgIpc) is 2.81. The molecule has 4 heteroatoms. The van der Waals surface area contributed by atoms with E-state index in [9.17, 15) is 0 Å². The van der Waals surface area contributed by atoms with E-state index < -0.39 is 8.69 Å². The second-order valence-corrected chi connectivity index (χ2v) is 24.3. The van der Waals surface area contributed by atoms with Crippen LogP contribution in [-0.4, -0.2) is 0 Å². The van der Waals surface area contributed by atoms with Gasteiger partial charge in [0.05, 0.1) is 0 Å². The lowest BCUT2D eigenvalue weighted by molar-refractivity contribution is 0.274. The molecule has 3 rings (SSSR count). The lowest BCUT2D eigenvalue weighted by atomic mass is 9.66. The maximum absolute atomic E-state index is 16.7. The summed E-state index contributed by atoms with van der Waals surface area (Å²) in [6, 6.07) is 9.40. The normalized spacial score (nSPS) is 18.4. The minimum Gasteiger partial charge on any atom is -0.414 e. The van der Waals surface area contributed by atoms with Gasteiger partial charge in [-0.15, -0.1) is 4.20 Å². The van der Waals surface area contributed by atoms with Gasteiger partial charge >= 0.3 is 8.69 Å². The molecule has 284 valence electrons. The molecule has 0 aliphatic carbocycles. The van der Waals surface area contributed by atoms with Gasteiger partial charge < -0.3 is 9.05 Å². The Balaban J connectivity index is 2.53. The Hall–Kier alpha value is -1.60. The van der Waals surface area contributed by atoms with Crippen LogP contribution in [0.15, 0.2) is 24.3 Å². The molecule has 0 saturated heterocycles. The van der Waals surface area contributed by atoms with Crippen LogP contribution in [-0.2, 0) is 21.7 Å². The fourth-order valence-electron chi connectivity index (χ4n) is 9.96. The highest BCUT2D eigenvalue weighted by Crippen LogP contribution is 2.58. The molecular weight excluding hydrogens is 634 g/mol. The topological polar surface area (TPSA) is 18.5 Å². The third-order valence-corrected chi connectivity index (χ3v) is 11.1. The van der Waals surface area contributed by atoms with Crippen molar-refractivity contribution >= 4 is 8.69 Å². The Bertz CT molecular complexity index is 1400. The van der Waals surface area contributed by atoms with Crippen LogP contribution in [0.1, 0.15) is 210 Å². The fraction of sp³-hybridized carbons (Fsp3) is 0.739. The molecule has 0 atom stereocenters. The van der Waals surface area contributed by atoms with Gasteiger partial charge in [0.1, 0.15) is 11.5 Å². The molecule has 50 heavy (non-hydrogen) atoms. The summed E-state index contributed by atoms with van der Waals surface area (Å²) in [4.78, 5) is 0. The van der Waals surface area contributed by atoms with Gasteiger partial charge in [-0.05, 0) is 80.1 Å². The minimum atomic E-state index is -2.74. The van der Waals surface area contributed by atoms with Crippen LogP contribution in [0.5, 0.6) is 11.5 Å². The molecule has 0 aromatic heterocycles. The monoisotopic (exact) mass is 711 g/mol. The van der Waals surface area contributed by atoms with E-state index in [1.807, 2.05) is 0 Å². The molecule has 1 heterocycles. The maximum atomic E-state index is 16.7. The van der Waals surface area contributed by atoms with Crippen molar-refractivity contribution in [1.82, 2.24) is 0 Å². The van der Waals surface area contributed by atoms with E-state index in [1.165, 1.54) is 11.1 Å². The van der Waals surface area contributed by atoms with E-state index >= 15 is 4.20 Å². The first-order chi connectivity index (χ1) is 22.0. The molecular formula is C46H76FO2P. The zero-order valence-electron chi connectivity index (χ0n) is 36.4. The number of rotatable bonds is 8. The van der Waals surface area contributed by atoms with Crippen LogP contribution in [0, 0.1) is 21.7 Å². The Kier molecular flexibility index (Phi) is 11.7. The van der Waals surface area contributed by atoms with E-state index in [0.717, 1.165) is 47.9 Å². The summed E-state index contributed by atoms with van der Waals surface area (Å²) in [5, 5.41) is 0. The molecule has 1 aliphatic heterocycles. The van der Waals surface area contributed by atoms with Crippen molar-refractivity contribution in [2.24, 2.45) is 21.7 Å². The highest BCUT2D eigenvalue weighted by molar-refractivity contribution is 7.42. The van der Waals surface area contributed by atoms with E-state index in [-0.39, 0.29) is 49.2 Å². The van der Waals surface area contributed by atoms with Gasteiger partial charge in [-0.3, -0.25) is 0 Å². The largest absolute Gasteiger partial charge is 0.505 e. The quantitative estimate of drug-likeness (QED) is 0.254. The summed E-state index contributed by atoms with van der Waals surface area (Å²) in [7, 11) is -2.74. The first-order valence-corrected chi connectivity index (χ1v) is 20.3. The summed E-state index contributed by atoms with van der Waals surface area (Å²) >= 11 is 0. The summed E-state index contributed by atoms with van der Waals surface area (Å²) < 4.78 is 29.6. The van der Waals surface area contributed by atoms with Crippen LogP contribution in [0.4, 0.5) is 4.20 Å². The SMILES string of the molecule is CC1c2cc(C(C)(C)CC(C)(C)C)cc(C(C)(C)CC(C)(C)C)c2OP(F)Oc2c1cc(C(C)(C)CC(C)(C)C)cc2C(C)(C)CC(C)(C)C. The highest BCUT2D eigenvalue weighted by Gasteiger charge is 2.41. The second kappa shape index (κ2) is 13.7. The smallest absolute Gasteiger partial charge is 0.414 e. The molecule has 0 spiro atoms. The average molecular weight is 711 g/mol. The number of fused-ring (bicyclic) bond motifs is 2. The van der Waals surface area contributed by atoms with E-state index in [4.69, 9.17) is 9.05 Å². The van der Waals surface area contributed by atoms with Crippen molar-refractivity contribution in [3.8, 4) is 11.5 Å². The van der Waals surface area contributed by atoms with Gasteiger partial charge in [0.15, 0.2) is 0 Å². The first-order valence-electron chi connectivity index (χ1n) is 19.2. The molecule has 0 radical (unpaired) electrons. The van der Waals surface area contributed by atoms with Gasteiger partial charge in [-0.25, -0.2) is 0 Å². The Morgan fingerprint density at radius 2 is 0.720 bits per heavy atom. The molecule has 2 aromatic rings. The van der Waals surface area contributed by atoms with Crippen molar-refractivity contribution in [3.05, 3.63) is 57.6 Å². The molecule has 0 unspecified atom stereocenters. The standard InChI is InChI=1S/C46H76FO2P/c1-30-33-22-31(43(14,15)26-39(2,3)4)24-35(45(18,19)28-41(8,9)10)37(33)48-50(47)49-38-34(30)23-32(44(16,17)27-40(5,6)7)25-36(38)46(20,21)29-42(11,12)13/h22-25,30H,26-29H2,1-21H3. The number of hydrogen-bond acceptors (Lipinski definition) is 2. The molecule has 0 fully saturated rings. The lowest BCUT2D eigenvalue weighted by Crippen LogP contribution is -2.30. The van der Waals surface area contributed by atoms with Crippen molar-refractivity contribution in [1.29, 1.82) is 0 Å². The maximum Gasteiger partial charge on any atom is 0.505 e. The zero-order chi connectivity index (χ0) is 38.8. The molecule has 2 aromatic carbocycles. The van der Waals surface area contributed by atoms with Gasteiger partial charge in [0.25, 0.3) is 0 Å². The molecule has 2 nitrogen and oxygen atoms in total. The zero-order valence-corrected chi connectivity index (χ0v) is 37.3. The van der Waals surface area contributed by atoms with Crippen molar-refractivity contribution < 1.29 is 13.2 Å². The molecule has 0 N–H and O–H groups in total. The van der Waals surface area contributed by atoms with E-state index in [0.29, 0.717) is 11.5 Å². The molecule has 1 aliphatic rings. The first kappa shape index (κ1) is 42.8. The predicted molar refractivity (Wildman–Crippen MR) is 218 cm³/mol. The summed E-state index contributed by atoms with van der Waals surface area (Å²) in [6.45, 7) is 48.7. The molecule has 0 bridgehead atoms. The fourth-order valence-corrected chi connectivity index (χ4v) is 10.7. The third-order valence-electron chi connectivity index (χ3n) is 10.4. The summed E-state index contributed by atoms with van der Waals surface area (Å²) in [6.07, 6.45) is 3.93. The predicted octanol–water partition coefficient (Wildman–Crippen LogP) is 15.7. The van der Waals surface area contributed by atoms with Crippen molar-refractivity contribution in [3.63, 3.8) is 0 Å². The number of halogens is 1. The molecule has 0 amide bonds. The third kappa shape index (κ3) is 10.7. The van der Waals surface area contributed by atoms with Gasteiger partial charge in [0, 0.05) is 28.2 Å². The minimum absolute atomic E-state index is 0.0746. The van der Waals surface area contributed by atoms with Gasteiger partial charge in [0.2, 0.25) is 0 Å². The van der Waals surface area contributed by atoms with Crippen LogP contribution < -0.4 is 9.05 Å². The Labute approximate surface area is 310 Å². The highest BCUT2D eigenvalue weighted by atomic mass is 31.2. The summed E-state index contributed by atoms with van der Waals surface area (Å²) in [5.41, 5.74) is 6.62. The Morgan fingerprint density at radius 3 is 0.980 bits per heavy atom. The lowest BCUT2D eigenvalue weighted by Gasteiger charge is -2.40. The van der Waals surface area contributed by atoms with Gasteiger partial charge in [-0.1, -0.05) is 170 Å². The summed E-state index contributed by atoms with van der Waals surface area (Å²) in [5.74, 6) is 1.28. The Morgan fingerprint density at radius 1 is 0.460 bits per heavy atom. The van der Waals surface area contributed by atoms with Crippen molar-refractivity contribution in [2.45, 2.75) is 199 Å². The van der Waals surface area contributed by atoms with Gasteiger partial charge in [-0.2, -0.15) is 0 Å². The number of hydrogen-bond donors (Lipinski definition) is 0. The van der Waals surface area contributed by atoms with Crippen LogP contribution in [0.2, 0.25) is 0 Å². The molecule has 0 saturated carbocycles. The van der Waals surface area contributed by atoms with Crippen LogP contribution in [0.25, 0.3) is 0 Å². The van der Waals surface area contributed by atoms with E-state index in [1.54, 1.807) is 0 Å². The van der Waals surface area contributed by atoms with Crippen LogP contribution in [0.3, 0.4) is 0 Å².